The maximum Gasteiger partial charge on any atom is 0.255 e. The molecule has 0 aliphatic carbocycles. The van der Waals surface area contributed by atoms with Crippen molar-refractivity contribution in [3.63, 3.8) is 0 Å². The van der Waals surface area contributed by atoms with Gasteiger partial charge in [0, 0.05) is 30.8 Å². The third-order valence-electron chi connectivity index (χ3n) is 3.28. The van der Waals surface area contributed by atoms with Crippen molar-refractivity contribution in [2.24, 2.45) is 5.92 Å². The first-order valence-corrected chi connectivity index (χ1v) is 6.99. The van der Waals surface area contributed by atoms with Crippen LogP contribution in [-0.2, 0) is 0 Å². The standard InChI is InChI=1S/C15H23ClN2O/c1-10(2)8-11(3)18(5)15(19)13-9-12(16)6-7-14(13)17-4/h6-7,9-11,17H,8H2,1-5H3. The summed E-state index contributed by atoms with van der Waals surface area (Å²) < 4.78 is 0. The molecule has 106 valence electrons. The van der Waals surface area contributed by atoms with Crippen molar-refractivity contribution in [2.45, 2.75) is 33.2 Å². The zero-order chi connectivity index (χ0) is 14.6. The average molecular weight is 283 g/mol. The molecule has 1 aromatic rings. The van der Waals surface area contributed by atoms with Crippen LogP contribution in [0.15, 0.2) is 18.2 Å². The first-order valence-electron chi connectivity index (χ1n) is 6.61. The predicted molar refractivity (Wildman–Crippen MR) is 82.0 cm³/mol. The van der Waals surface area contributed by atoms with Gasteiger partial charge < -0.3 is 10.2 Å². The van der Waals surface area contributed by atoms with Gasteiger partial charge in [0.1, 0.15) is 0 Å². The molecule has 0 aromatic heterocycles. The van der Waals surface area contributed by atoms with E-state index in [4.69, 9.17) is 11.6 Å². The van der Waals surface area contributed by atoms with Crippen LogP contribution in [0.5, 0.6) is 0 Å². The minimum absolute atomic E-state index is 0.000000000000000444. The Morgan fingerprint density at radius 3 is 2.53 bits per heavy atom. The van der Waals surface area contributed by atoms with E-state index < -0.39 is 0 Å². The minimum atomic E-state index is 0.000000000000000444. The van der Waals surface area contributed by atoms with Gasteiger partial charge in [-0.3, -0.25) is 4.79 Å². The SMILES string of the molecule is CNc1ccc(Cl)cc1C(=O)N(C)C(C)CC(C)C. The van der Waals surface area contributed by atoms with Gasteiger partial charge in [-0.15, -0.1) is 0 Å². The van der Waals surface area contributed by atoms with E-state index in [0.717, 1.165) is 12.1 Å². The molecule has 1 aromatic carbocycles. The molecule has 0 bridgehead atoms. The highest BCUT2D eigenvalue weighted by Crippen LogP contribution is 2.23. The fourth-order valence-corrected chi connectivity index (χ4v) is 2.31. The van der Waals surface area contributed by atoms with Crippen molar-refractivity contribution >= 4 is 23.2 Å². The van der Waals surface area contributed by atoms with Crippen molar-refractivity contribution in [1.82, 2.24) is 4.90 Å². The summed E-state index contributed by atoms with van der Waals surface area (Å²) in [5.74, 6) is 0.563. The average Bonchev–Trinajstić information content (AvgIpc) is 2.36. The summed E-state index contributed by atoms with van der Waals surface area (Å²) in [5, 5.41) is 3.61. The van der Waals surface area contributed by atoms with E-state index in [2.05, 4.69) is 26.1 Å². The van der Waals surface area contributed by atoms with E-state index in [1.54, 1.807) is 24.1 Å². The molecule has 0 aliphatic rings. The number of hydrogen-bond donors (Lipinski definition) is 1. The molecule has 0 spiro atoms. The van der Waals surface area contributed by atoms with Crippen LogP contribution in [0.2, 0.25) is 5.02 Å². The fourth-order valence-electron chi connectivity index (χ4n) is 2.14. The van der Waals surface area contributed by atoms with E-state index in [1.165, 1.54) is 0 Å². The Kier molecular flexibility index (Phi) is 5.67. The molecule has 1 unspecified atom stereocenters. The van der Waals surface area contributed by atoms with Gasteiger partial charge in [0.25, 0.3) is 5.91 Å². The molecule has 1 atom stereocenters. The normalized spacial score (nSPS) is 12.4. The first kappa shape index (κ1) is 15.8. The Morgan fingerprint density at radius 1 is 1.37 bits per heavy atom. The maximum absolute atomic E-state index is 12.5. The fraction of sp³-hybridized carbons (Fsp3) is 0.533. The number of amides is 1. The van der Waals surface area contributed by atoms with E-state index in [9.17, 15) is 4.79 Å². The molecule has 1 amide bonds. The van der Waals surface area contributed by atoms with Gasteiger partial charge in [0.2, 0.25) is 0 Å². The van der Waals surface area contributed by atoms with Crippen LogP contribution in [0.25, 0.3) is 0 Å². The molecule has 19 heavy (non-hydrogen) atoms. The van der Waals surface area contributed by atoms with Crippen LogP contribution in [0.3, 0.4) is 0 Å². The number of carbonyl (C=O) groups excluding carboxylic acids is 1. The number of carbonyl (C=O) groups is 1. The molecule has 0 saturated heterocycles. The van der Waals surface area contributed by atoms with Gasteiger partial charge >= 0.3 is 0 Å². The molecule has 0 radical (unpaired) electrons. The quantitative estimate of drug-likeness (QED) is 0.889. The maximum atomic E-state index is 12.5. The lowest BCUT2D eigenvalue weighted by atomic mass is 10.0. The lowest BCUT2D eigenvalue weighted by Crippen LogP contribution is -2.36. The number of nitrogens with one attached hydrogen (secondary N) is 1. The second-order valence-corrected chi connectivity index (χ2v) is 5.77. The van der Waals surface area contributed by atoms with Crippen molar-refractivity contribution < 1.29 is 4.79 Å². The van der Waals surface area contributed by atoms with Gasteiger partial charge in [-0.2, -0.15) is 0 Å². The third-order valence-corrected chi connectivity index (χ3v) is 3.51. The second kappa shape index (κ2) is 6.80. The molecule has 0 saturated carbocycles. The largest absolute Gasteiger partial charge is 0.387 e. The number of halogens is 1. The van der Waals surface area contributed by atoms with Crippen LogP contribution in [0.4, 0.5) is 5.69 Å². The Hall–Kier alpha value is -1.22. The summed E-state index contributed by atoms with van der Waals surface area (Å²) in [6.07, 6.45) is 0.984. The smallest absolute Gasteiger partial charge is 0.255 e. The topological polar surface area (TPSA) is 32.3 Å². The number of anilines is 1. The van der Waals surface area contributed by atoms with Crippen LogP contribution in [-0.4, -0.2) is 30.9 Å². The Morgan fingerprint density at radius 2 is 2.00 bits per heavy atom. The zero-order valence-corrected chi connectivity index (χ0v) is 13.1. The summed E-state index contributed by atoms with van der Waals surface area (Å²) in [7, 11) is 3.65. The third kappa shape index (κ3) is 4.13. The van der Waals surface area contributed by atoms with Gasteiger partial charge in [-0.25, -0.2) is 0 Å². The van der Waals surface area contributed by atoms with Gasteiger partial charge in [-0.05, 0) is 37.5 Å². The van der Waals surface area contributed by atoms with Crippen molar-refractivity contribution in [1.29, 1.82) is 0 Å². The predicted octanol–water partition coefficient (Wildman–Crippen LogP) is 3.89. The van der Waals surface area contributed by atoms with Gasteiger partial charge in [0.15, 0.2) is 0 Å². The number of nitrogens with zero attached hydrogens (tertiary/aromatic N) is 1. The highest BCUT2D eigenvalue weighted by molar-refractivity contribution is 6.31. The van der Waals surface area contributed by atoms with Crippen molar-refractivity contribution in [3.05, 3.63) is 28.8 Å². The van der Waals surface area contributed by atoms with Crippen LogP contribution >= 0.6 is 11.6 Å². The second-order valence-electron chi connectivity index (χ2n) is 5.33. The lowest BCUT2D eigenvalue weighted by Gasteiger charge is -2.27. The van der Waals surface area contributed by atoms with Gasteiger partial charge in [-0.1, -0.05) is 25.4 Å². The highest BCUT2D eigenvalue weighted by atomic mass is 35.5. The summed E-state index contributed by atoms with van der Waals surface area (Å²) in [4.78, 5) is 14.3. The molecular weight excluding hydrogens is 260 g/mol. The van der Waals surface area contributed by atoms with E-state index in [1.807, 2.05) is 13.1 Å². The van der Waals surface area contributed by atoms with Crippen LogP contribution in [0.1, 0.15) is 37.6 Å². The van der Waals surface area contributed by atoms with Crippen LogP contribution in [0, 0.1) is 5.92 Å². The summed E-state index contributed by atoms with van der Waals surface area (Å²) in [6, 6.07) is 5.53. The van der Waals surface area contributed by atoms with Gasteiger partial charge in [0.05, 0.1) is 5.56 Å². The zero-order valence-electron chi connectivity index (χ0n) is 12.3. The molecule has 3 nitrogen and oxygen atoms in total. The molecule has 1 rings (SSSR count). The Labute approximate surface area is 120 Å². The number of hydrogen-bond acceptors (Lipinski definition) is 2. The summed E-state index contributed by atoms with van der Waals surface area (Å²) >= 11 is 5.99. The van der Waals surface area contributed by atoms with E-state index in [0.29, 0.717) is 16.5 Å². The molecule has 0 aliphatic heterocycles. The summed E-state index contributed by atoms with van der Waals surface area (Å²) in [5.41, 5.74) is 1.42. The van der Waals surface area contributed by atoms with Crippen LogP contribution < -0.4 is 5.32 Å². The molecule has 1 N–H and O–H groups in total. The number of rotatable bonds is 5. The Bertz CT molecular complexity index is 446. The highest BCUT2D eigenvalue weighted by Gasteiger charge is 2.20. The molecule has 0 heterocycles. The van der Waals surface area contributed by atoms with Crippen molar-refractivity contribution in [3.8, 4) is 0 Å². The van der Waals surface area contributed by atoms with E-state index >= 15 is 0 Å². The number of benzene rings is 1. The minimum Gasteiger partial charge on any atom is -0.387 e. The van der Waals surface area contributed by atoms with E-state index in [-0.39, 0.29) is 11.9 Å². The monoisotopic (exact) mass is 282 g/mol. The first-order chi connectivity index (χ1) is 8.86. The summed E-state index contributed by atoms with van der Waals surface area (Å²) in [6.45, 7) is 6.39. The molecule has 0 fully saturated rings. The Balaban J connectivity index is 2.96. The molecular formula is C15H23ClN2O. The lowest BCUT2D eigenvalue weighted by molar-refractivity contribution is 0.0729. The molecule has 4 heteroatoms. The van der Waals surface area contributed by atoms with Crippen molar-refractivity contribution in [2.75, 3.05) is 19.4 Å².